The molecule has 0 aliphatic carbocycles. The van der Waals surface area contributed by atoms with Crippen LogP contribution in [0.1, 0.15) is 6.92 Å². The topological polar surface area (TPSA) is 78.0 Å². The fourth-order valence-electron chi connectivity index (χ4n) is 2.45. The van der Waals surface area contributed by atoms with Crippen LogP contribution in [-0.2, 0) is 6.54 Å². The molecule has 0 atom stereocenters. The van der Waals surface area contributed by atoms with Gasteiger partial charge in [-0.05, 0) is 12.5 Å². The molecule has 3 aromatic heterocycles. The van der Waals surface area contributed by atoms with E-state index in [2.05, 4.69) is 20.3 Å². The summed E-state index contributed by atoms with van der Waals surface area (Å²) in [6.45, 7) is 2.41. The molecule has 7 nitrogen and oxygen atoms in total. The Labute approximate surface area is 124 Å². The van der Waals surface area contributed by atoms with Gasteiger partial charge in [-0.2, -0.15) is 9.61 Å². The average Bonchev–Trinajstić information content (AvgIpc) is 3.00. The van der Waals surface area contributed by atoms with Crippen molar-refractivity contribution in [3.05, 3.63) is 53.2 Å². The SMILES string of the molecule is CCn1cnc2c(nnc3c(-c4ccccc4)cnn32)c1=O. The average molecular weight is 292 g/mol. The van der Waals surface area contributed by atoms with Crippen LogP contribution in [0.3, 0.4) is 0 Å². The minimum atomic E-state index is -0.210. The largest absolute Gasteiger partial charge is 0.297 e. The lowest BCUT2D eigenvalue weighted by atomic mass is 10.1. The maximum Gasteiger partial charge on any atom is 0.283 e. The number of hydrogen-bond acceptors (Lipinski definition) is 5. The number of nitrogens with zero attached hydrogens (tertiary/aromatic N) is 6. The van der Waals surface area contributed by atoms with E-state index in [1.165, 1.54) is 10.9 Å². The first-order valence-electron chi connectivity index (χ1n) is 6.94. The second-order valence-electron chi connectivity index (χ2n) is 4.87. The Balaban J connectivity index is 2.05. The molecule has 4 rings (SSSR count). The highest BCUT2D eigenvalue weighted by Gasteiger charge is 2.14. The molecule has 0 saturated heterocycles. The molecule has 0 spiro atoms. The summed E-state index contributed by atoms with van der Waals surface area (Å²) in [5.74, 6) is 0. The Kier molecular flexibility index (Phi) is 2.72. The van der Waals surface area contributed by atoms with Crippen molar-refractivity contribution in [2.24, 2.45) is 0 Å². The van der Waals surface area contributed by atoms with Crippen LogP contribution in [0.15, 0.2) is 47.7 Å². The van der Waals surface area contributed by atoms with Gasteiger partial charge in [0.05, 0.1) is 6.20 Å². The van der Waals surface area contributed by atoms with Crippen molar-refractivity contribution in [3.63, 3.8) is 0 Å². The van der Waals surface area contributed by atoms with E-state index >= 15 is 0 Å². The number of aryl methyl sites for hydroxylation is 1. The lowest BCUT2D eigenvalue weighted by Crippen LogP contribution is -2.22. The normalized spacial score (nSPS) is 11.3. The predicted octanol–water partition coefficient (Wildman–Crippen LogP) is 1.52. The molecule has 0 N–H and O–H groups in total. The van der Waals surface area contributed by atoms with Crippen LogP contribution in [0.25, 0.3) is 27.9 Å². The predicted molar refractivity (Wildman–Crippen MR) is 81.5 cm³/mol. The second-order valence-corrected chi connectivity index (χ2v) is 4.87. The molecule has 0 fully saturated rings. The van der Waals surface area contributed by atoms with Gasteiger partial charge in [-0.1, -0.05) is 30.3 Å². The van der Waals surface area contributed by atoms with Gasteiger partial charge in [-0.15, -0.1) is 10.2 Å². The van der Waals surface area contributed by atoms with E-state index in [4.69, 9.17) is 0 Å². The number of fused-ring (bicyclic) bond motifs is 3. The molecule has 3 heterocycles. The molecule has 0 aliphatic heterocycles. The molecule has 0 radical (unpaired) electrons. The van der Waals surface area contributed by atoms with Gasteiger partial charge in [0.25, 0.3) is 5.56 Å². The Morgan fingerprint density at radius 1 is 1.09 bits per heavy atom. The third-order valence-electron chi connectivity index (χ3n) is 3.61. The maximum atomic E-state index is 12.3. The summed E-state index contributed by atoms with van der Waals surface area (Å²) in [5, 5.41) is 12.6. The van der Waals surface area contributed by atoms with Crippen LogP contribution < -0.4 is 5.56 Å². The molecule has 22 heavy (non-hydrogen) atoms. The third-order valence-corrected chi connectivity index (χ3v) is 3.61. The Hall–Kier alpha value is -3.09. The molecule has 0 saturated carbocycles. The monoisotopic (exact) mass is 292 g/mol. The van der Waals surface area contributed by atoms with Crippen molar-refractivity contribution in [1.29, 1.82) is 0 Å². The molecule has 0 aliphatic rings. The highest BCUT2D eigenvalue weighted by molar-refractivity contribution is 5.80. The zero-order chi connectivity index (χ0) is 15.1. The van der Waals surface area contributed by atoms with E-state index in [1.807, 2.05) is 37.3 Å². The fourth-order valence-corrected chi connectivity index (χ4v) is 2.45. The molecule has 0 unspecified atom stereocenters. The van der Waals surface area contributed by atoms with Crippen LogP contribution >= 0.6 is 0 Å². The Morgan fingerprint density at radius 2 is 1.91 bits per heavy atom. The second kappa shape index (κ2) is 4.73. The summed E-state index contributed by atoms with van der Waals surface area (Å²) in [6, 6.07) is 9.80. The summed E-state index contributed by atoms with van der Waals surface area (Å²) in [5.41, 5.74) is 2.87. The molecule has 0 amide bonds. The van der Waals surface area contributed by atoms with E-state index in [1.54, 1.807) is 10.7 Å². The molecule has 0 bridgehead atoms. The van der Waals surface area contributed by atoms with Crippen LogP contribution in [-0.4, -0.2) is 29.4 Å². The van der Waals surface area contributed by atoms with Gasteiger partial charge in [0.15, 0.2) is 16.8 Å². The Bertz CT molecular complexity index is 1030. The zero-order valence-electron chi connectivity index (χ0n) is 11.8. The lowest BCUT2D eigenvalue weighted by molar-refractivity contribution is 0.709. The summed E-state index contributed by atoms with van der Waals surface area (Å²) in [4.78, 5) is 16.6. The first-order chi connectivity index (χ1) is 10.8. The lowest BCUT2D eigenvalue weighted by Gasteiger charge is -2.03. The van der Waals surface area contributed by atoms with E-state index in [0.717, 1.165) is 11.1 Å². The Morgan fingerprint density at radius 3 is 2.68 bits per heavy atom. The summed E-state index contributed by atoms with van der Waals surface area (Å²) in [6.07, 6.45) is 3.22. The quantitative estimate of drug-likeness (QED) is 0.560. The molecular weight excluding hydrogens is 280 g/mol. The van der Waals surface area contributed by atoms with Crippen LogP contribution in [0.4, 0.5) is 0 Å². The van der Waals surface area contributed by atoms with Crippen LogP contribution in [0.2, 0.25) is 0 Å². The molecule has 1 aromatic carbocycles. The fraction of sp³-hybridized carbons (Fsp3) is 0.133. The highest BCUT2D eigenvalue weighted by atomic mass is 16.1. The minimum absolute atomic E-state index is 0.210. The smallest absolute Gasteiger partial charge is 0.283 e. The van der Waals surface area contributed by atoms with Crippen LogP contribution in [0, 0.1) is 0 Å². The summed E-state index contributed by atoms with van der Waals surface area (Å²) in [7, 11) is 0. The van der Waals surface area contributed by atoms with E-state index in [-0.39, 0.29) is 11.1 Å². The maximum absolute atomic E-state index is 12.3. The van der Waals surface area contributed by atoms with Crippen molar-refractivity contribution >= 4 is 16.8 Å². The highest BCUT2D eigenvalue weighted by Crippen LogP contribution is 2.23. The van der Waals surface area contributed by atoms with Crippen molar-refractivity contribution in [3.8, 4) is 11.1 Å². The molecular formula is C15H12N6O. The standard InChI is InChI=1S/C15H12N6O/c1-2-20-9-16-14-12(15(20)22)18-19-13-11(8-17-21(13)14)10-6-4-3-5-7-10/h3-9H,2H2,1H3. The molecule has 4 aromatic rings. The van der Waals surface area contributed by atoms with Gasteiger partial charge >= 0.3 is 0 Å². The van der Waals surface area contributed by atoms with Gasteiger partial charge in [0.1, 0.15) is 6.33 Å². The molecule has 7 heteroatoms. The van der Waals surface area contributed by atoms with Gasteiger partial charge in [-0.3, -0.25) is 9.36 Å². The summed E-state index contributed by atoms with van der Waals surface area (Å²) < 4.78 is 3.05. The van der Waals surface area contributed by atoms with Crippen molar-refractivity contribution in [2.75, 3.05) is 0 Å². The first kappa shape index (κ1) is 12.6. The molecule has 108 valence electrons. The zero-order valence-corrected chi connectivity index (χ0v) is 11.8. The first-order valence-corrected chi connectivity index (χ1v) is 6.94. The summed E-state index contributed by atoms with van der Waals surface area (Å²) >= 11 is 0. The van der Waals surface area contributed by atoms with Crippen molar-refractivity contribution in [2.45, 2.75) is 13.5 Å². The van der Waals surface area contributed by atoms with E-state index in [9.17, 15) is 4.79 Å². The number of aromatic nitrogens is 6. The third kappa shape index (κ3) is 1.72. The van der Waals surface area contributed by atoms with E-state index in [0.29, 0.717) is 17.8 Å². The van der Waals surface area contributed by atoms with Crippen LogP contribution in [0.5, 0.6) is 0 Å². The van der Waals surface area contributed by atoms with Crippen molar-refractivity contribution in [1.82, 2.24) is 29.4 Å². The van der Waals surface area contributed by atoms with Gasteiger partial charge in [-0.25, -0.2) is 4.98 Å². The van der Waals surface area contributed by atoms with E-state index < -0.39 is 0 Å². The van der Waals surface area contributed by atoms with Gasteiger partial charge in [0.2, 0.25) is 0 Å². The minimum Gasteiger partial charge on any atom is -0.297 e. The number of benzene rings is 1. The van der Waals surface area contributed by atoms with Gasteiger partial charge in [0, 0.05) is 12.1 Å². The van der Waals surface area contributed by atoms with Gasteiger partial charge < -0.3 is 0 Å². The number of rotatable bonds is 2. The number of hydrogen-bond donors (Lipinski definition) is 0. The van der Waals surface area contributed by atoms with Crippen molar-refractivity contribution < 1.29 is 0 Å².